The lowest BCUT2D eigenvalue weighted by molar-refractivity contribution is -0.141. The Hall–Kier alpha value is -1.84. The first kappa shape index (κ1) is 27.4. The standard InChI is InChI=1S/C22H26Cl3N3O4S/c1-4-20(22(30)26-5-2)28(13-15-6-11-18(24)19(25)12-15)21(29)14-27(3)33(31,32)17-9-7-16(23)8-10-17/h6-12,20H,4-5,13-14H2,1-3H3,(H,26,30)/t20-/m1/s1. The minimum Gasteiger partial charge on any atom is -0.355 e. The van der Waals surface area contributed by atoms with Crippen LogP contribution in [0.1, 0.15) is 25.8 Å². The van der Waals surface area contributed by atoms with Gasteiger partial charge in [0.15, 0.2) is 0 Å². The fraction of sp³-hybridized carbons (Fsp3) is 0.364. The van der Waals surface area contributed by atoms with Gasteiger partial charge >= 0.3 is 0 Å². The fourth-order valence-electron chi connectivity index (χ4n) is 3.20. The highest BCUT2D eigenvalue weighted by Crippen LogP contribution is 2.24. The maximum absolute atomic E-state index is 13.3. The summed E-state index contributed by atoms with van der Waals surface area (Å²) in [7, 11) is -2.63. The highest BCUT2D eigenvalue weighted by molar-refractivity contribution is 7.89. The van der Waals surface area contributed by atoms with Crippen molar-refractivity contribution in [2.24, 2.45) is 0 Å². The van der Waals surface area contributed by atoms with Gasteiger partial charge in [-0.25, -0.2) is 8.42 Å². The van der Waals surface area contributed by atoms with Gasteiger partial charge in [0, 0.05) is 25.2 Å². The molecule has 2 amide bonds. The van der Waals surface area contributed by atoms with Gasteiger partial charge in [0.1, 0.15) is 6.04 Å². The summed E-state index contributed by atoms with van der Waals surface area (Å²) in [6.07, 6.45) is 0.340. The van der Waals surface area contributed by atoms with E-state index in [1.54, 1.807) is 32.0 Å². The number of hydrogen-bond donors (Lipinski definition) is 1. The summed E-state index contributed by atoms with van der Waals surface area (Å²) in [4.78, 5) is 27.3. The zero-order valence-electron chi connectivity index (χ0n) is 18.5. The Bertz CT molecular complexity index is 1090. The highest BCUT2D eigenvalue weighted by atomic mass is 35.5. The van der Waals surface area contributed by atoms with E-state index in [0.717, 1.165) is 4.31 Å². The Labute approximate surface area is 209 Å². The van der Waals surface area contributed by atoms with E-state index in [-0.39, 0.29) is 17.3 Å². The minimum absolute atomic E-state index is 0.00833. The number of carbonyl (C=O) groups is 2. The predicted molar refractivity (Wildman–Crippen MR) is 131 cm³/mol. The predicted octanol–water partition coefficient (Wildman–Crippen LogP) is 4.21. The Kier molecular flexibility index (Phi) is 10.00. The molecule has 180 valence electrons. The fourth-order valence-corrected chi connectivity index (χ4v) is 4.77. The minimum atomic E-state index is -3.94. The summed E-state index contributed by atoms with van der Waals surface area (Å²) in [5.74, 6) is -0.851. The molecule has 33 heavy (non-hydrogen) atoms. The lowest BCUT2D eigenvalue weighted by Crippen LogP contribution is -2.51. The molecule has 0 saturated heterocycles. The van der Waals surface area contributed by atoms with E-state index in [1.807, 2.05) is 0 Å². The topological polar surface area (TPSA) is 86.8 Å². The van der Waals surface area contributed by atoms with Crippen molar-refractivity contribution >= 4 is 56.6 Å². The molecule has 2 rings (SSSR count). The maximum Gasteiger partial charge on any atom is 0.243 e. The molecule has 0 aliphatic rings. The van der Waals surface area contributed by atoms with Crippen LogP contribution in [0.5, 0.6) is 0 Å². The number of benzene rings is 2. The van der Waals surface area contributed by atoms with E-state index >= 15 is 0 Å². The SMILES string of the molecule is CCNC(=O)[C@@H](CC)N(Cc1ccc(Cl)c(Cl)c1)C(=O)CN(C)S(=O)(=O)c1ccc(Cl)cc1. The first-order valence-electron chi connectivity index (χ1n) is 10.2. The van der Waals surface area contributed by atoms with Crippen molar-refractivity contribution in [3.05, 3.63) is 63.1 Å². The summed E-state index contributed by atoms with van der Waals surface area (Å²) in [6, 6.07) is 9.79. The Morgan fingerprint density at radius 1 is 1.00 bits per heavy atom. The normalized spacial score (nSPS) is 12.5. The van der Waals surface area contributed by atoms with Gasteiger partial charge in [0.2, 0.25) is 21.8 Å². The second-order valence-electron chi connectivity index (χ2n) is 7.30. The number of sulfonamides is 1. The molecular weight excluding hydrogens is 509 g/mol. The molecule has 2 aromatic carbocycles. The van der Waals surface area contributed by atoms with Gasteiger partial charge in [0.05, 0.1) is 21.5 Å². The molecule has 11 heteroatoms. The Balaban J connectivity index is 2.33. The van der Waals surface area contributed by atoms with Crippen molar-refractivity contribution in [1.82, 2.24) is 14.5 Å². The first-order chi connectivity index (χ1) is 15.5. The van der Waals surface area contributed by atoms with E-state index in [0.29, 0.717) is 33.6 Å². The van der Waals surface area contributed by atoms with Gasteiger partial charge in [-0.1, -0.05) is 47.8 Å². The number of carbonyl (C=O) groups excluding carboxylic acids is 2. The molecule has 0 aliphatic heterocycles. The van der Waals surface area contributed by atoms with Crippen molar-refractivity contribution in [1.29, 1.82) is 0 Å². The first-order valence-corrected chi connectivity index (χ1v) is 12.8. The van der Waals surface area contributed by atoms with Gasteiger partial charge in [-0.15, -0.1) is 0 Å². The average molecular weight is 535 g/mol. The molecule has 0 saturated carbocycles. The van der Waals surface area contributed by atoms with E-state index in [1.165, 1.54) is 36.2 Å². The number of nitrogens with zero attached hydrogens (tertiary/aromatic N) is 2. The molecule has 0 heterocycles. The van der Waals surface area contributed by atoms with Crippen LogP contribution in [-0.2, 0) is 26.2 Å². The van der Waals surface area contributed by atoms with Crippen molar-refractivity contribution in [3.63, 3.8) is 0 Å². The number of nitrogens with one attached hydrogen (secondary N) is 1. The number of halogens is 3. The quantitative estimate of drug-likeness (QED) is 0.495. The summed E-state index contributed by atoms with van der Waals surface area (Å²) in [5, 5.41) is 3.80. The summed E-state index contributed by atoms with van der Waals surface area (Å²) in [6.45, 7) is 3.56. The van der Waals surface area contributed by atoms with Crippen molar-refractivity contribution in [3.8, 4) is 0 Å². The number of rotatable bonds is 10. The van der Waals surface area contributed by atoms with Gasteiger partial charge < -0.3 is 10.2 Å². The maximum atomic E-state index is 13.3. The van der Waals surface area contributed by atoms with Crippen LogP contribution >= 0.6 is 34.8 Å². The molecule has 1 atom stereocenters. The molecule has 0 aliphatic carbocycles. The van der Waals surface area contributed by atoms with Gasteiger partial charge in [0.25, 0.3) is 0 Å². The number of likely N-dealkylation sites (N-methyl/N-ethyl adjacent to an activating group) is 2. The highest BCUT2D eigenvalue weighted by Gasteiger charge is 2.31. The Morgan fingerprint density at radius 2 is 1.64 bits per heavy atom. The largest absolute Gasteiger partial charge is 0.355 e. The van der Waals surface area contributed by atoms with E-state index in [4.69, 9.17) is 34.8 Å². The third kappa shape index (κ3) is 7.07. The molecule has 0 unspecified atom stereocenters. The molecular formula is C22H26Cl3N3O4S. The van der Waals surface area contributed by atoms with Crippen LogP contribution in [0, 0.1) is 0 Å². The van der Waals surface area contributed by atoms with Crippen molar-refractivity contribution in [2.75, 3.05) is 20.1 Å². The summed E-state index contributed by atoms with van der Waals surface area (Å²) >= 11 is 18.0. The zero-order chi connectivity index (χ0) is 24.8. The van der Waals surface area contributed by atoms with Gasteiger partial charge in [-0.3, -0.25) is 9.59 Å². The molecule has 2 aromatic rings. The summed E-state index contributed by atoms with van der Waals surface area (Å²) < 4.78 is 26.8. The van der Waals surface area contributed by atoms with Crippen LogP contribution in [-0.4, -0.2) is 55.6 Å². The van der Waals surface area contributed by atoms with Crippen LogP contribution in [0.25, 0.3) is 0 Å². The van der Waals surface area contributed by atoms with Gasteiger partial charge in [-0.05, 0) is 55.3 Å². The third-order valence-corrected chi connectivity index (χ3v) is 7.76. The van der Waals surface area contributed by atoms with Crippen molar-refractivity contribution in [2.45, 2.75) is 37.8 Å². The smallest absolute Gasteiger partial charge is 0.243 e. The lowest BCUT2D eigenvalue weighted by Gasteiger charge is -2.32. The van der Waals surface area contributed by atoms with E-state index in [9.17, 15) is 18.0 Å². The average Bonchev–Trinajstić information content (AvgIpc) is 2.76. The Morgan fingerprint density at radius 3 is 2.18 bits per heavy atom. The van der Waals surface area contributed by atoms with Crippen LogP contribution in [0.2, 0.25) is 15.1 Å². The molecule has 0 radical (unpaired) electrons. The zero-order valence-corrected chi connectivity index (χ0v) is 21.6. The molecule has 0 aromatic heterocycles. The monoisotopic (exact) mass is 533 g/mol. The van der Waals surface area contributed by atoms with Crippen molar-refractivity contribution < 1.29 is 18.0 Å². The van der Waals surface area contributed by atoms with Gasteiger partial charge in [-0.2, -0.15) is 4.31 Å². The number of amides is 2. The molecule has 0 spiro atoms. The third-order valence-electron chi connectivity index (χ3n) is 4.95. The van der Waals surface area contributed by atoms with E-state index < -0.39 is 28.5 Å². The van der Waals surface area contributed by atoms with E-state index in [2.05, 4.69) is 5.32 Å². The molecule has 0 fully saturated rings. The van der Waals surface area contributed by atoms with Crippen LogP contribution < -0.4 is 5.32 Å². The molecule has 0 bridgehead atoms. The van der Waals surface area contributed by atoms with Crippen LogP contribution in [0.4, 0.5) is 0 Å². The summed E-state index contributed by atoms with van der Waals surface area (Å²) in [5.41, 5.74) is 0.656. The molecule has 7 nitrogen and oxygen atoms in total. The van der Waals surface area contributed by atoms with Crippen LogP contribution in [0.3, 0.4) is 0 Å². The number of hydrogen-bond acceptors (Lipinski definition) is 4. The second-order valence-corrected chi connectivity index (χ2v) is 10.6. The van der Waals surface area contributed by atoms with Crippen LogP contribution in [0.15, 0.2) is 47.4 Å². The lowest BCUT2D eigenvalue weighted by atomic mass is 10.1. The molecule has 1 N–H and O–H groups in total. The second kappa shape index (κ2) is 12.0.